The van der Waals surface area contributed by atoms with E-state index in [1.165, 1.54) is 16.7 Å². The summed E-state index contributed by atoms with van der Waals surface area (Å²) in [5.41, 5.74) is 2.76. The third kappa shape index (κ3) is 5.32. The Kier molecular flexibility index (Phi) is 6.24. The average molecular weight is 518 g/mol. The zero-order valence-electron chi connectivity index (χ0n) is 17.6. The molecular formula is C26H20BrN3O2S. The van der Waals surface area contributed by atoms with Crippen LogP contribution in [0.4, 0.5) is 5.69 Å². The summed E-state index contributed by atoms with van der Waals surface area (Å²) in [5, 5.41) is 11.5. The van der Waals surface area contributed by atoms with Crippen LogP contribution in [0.1, 0.15) is 20.8 Å². The summed E-state index contributed by atoms with van der Waals surface area (Å²) < 4.78 is 8.78. The molecule has 5 aromatic rings. The van der Waals surface area contributed by atoms with Crippen LogP contribution in [0.15, 0.2) is 95.0 Å². The molecule has 0 radical (unpaired) electrons. The van der Waals surface area contributed by atoms with Gasteiger partial charge < -0.3 is 10.1 Å². The number of carbonyl (C=O) groups excluding carboxylic acids is 1. The molecule has 5 nitrogen and oxygen atoms in total. The Morgan fingerprint density at radius 3 is 2.67 bits per heavy atom. The first-order chi connectivity index (χ1) is 16.1. The van der Waals surface area contributed by atoms with Crippen LogP contribution >= 0.6 is 27.3 Å². The molecule has 0 bridgehead atoms. The van der Waals surface area contributed by atoms with Crippen molar-refractivity contribution in [1.82, 2.24) is 9.78 Å². The van der Waals surface area contributed by atoms with Gasteiger partial charge in [-0.1, -0.05) is 58.4 Å². The Bertz CT molecular complexity index is 1410. The van der Waals surface area contributed by atoms with E-state index in [4.69, 9.17) is 4.74 Å². The van der Waals surface area contributed by atoms with Crippen LogP contribution < -0.4 is 10.1 Å². The highest BCUT2D eigenvalue weighted by Crippen LogP contribution is 2.23. The van der Waals surface area contributed by atoms with E-state index in [0.717, 1.165) is 26.7 Å². The second-order valence-electron chi connectivity index (χ2n) is 7.62. The monoisotopic (exact) mass is 517 g/mol. The number of thiophene rings is 1. The highest BCUT2D eigenvalue weighted by Gasteiger charge is 2.11. The van der Waals surface area contributed by atoms with Crippen LogP contribution in [0, 0.1) is 0 Å². The van der Waals surface area contributed by atoms with E-state index in [2.05, 4.69) is 38.5 Å². The van der Waals surface area contributed by atoms with Crippen molar-refractivity contribution in [3.05, 3.63) is 111 Å². The van der Waals surface area contributed by atoms with E-state index < -0.39 is 0 Å². The van der Waals surface area contributed by atoms with Crippen molar-refractivity contribution in [2.75, 3.05) is 5.32 Å². The Balaban J connectivity index is 1.18. The second-order valence-corrected chi connectivity index (χ2v) is 9.45. The number of ether oxygens (including phenoxy) is 1. The SMILES string of the molecule is O=C(Nc1cnn(Cc2ccc(Br)cc2)c1)c1cc(COc2ccc3ccccc3c2)cs1. The summed E-state index contributed by atoms with van der Waals surface area (Å²) in [5.74, 6) is 0.657. The number of nitrogens with one attached hydrogen (secondary N) is 1. The maximum Gasteiger partial charge on any atom is 0.265 e. The van der Waals surface area contributed by atoms with Gasteiger partial charge in [0.15, 0.2) is 0 Å². The number of benzene rings is 3. The van der Waals surface area contributed by atoms with Gasteiger partial charge >= 0.3 is 0 Å². The van der Waals surface area contributed by atoms with E-state index >= 15 is 0 Å². The zero-order chi connectivity index (χ0) is 22.6. The van der Waals surface area contributed by atoms with Gasteiger partial charge in [0.05, 0.1) is 23.3 Å². The van der Waals surface area contributed by atoms with Crippen molar-refractivity contribution in [1.29, 1.82) is 0 Å². The van der Waals surface area contributed by atoms with Crippen LogP contribution in [0.3, 0.4) is 0 Å². The summed E-state index contributed by atoms with van der Waals surface area (Å²) in [6.07, 6.45) is 3.49. The topological polar surface area (TPSA) is 56.2 Å². The van der Waals surface area contributed by atoms with E-state index in [-0.39, 0.29) is 5.91 Å². The molecule has 164 valence electrons. The maximum absolute atomic E-state index is 12.7. The molecule has 0 spiro atoms. The average Bonchev–Trinajstić information content (AvgIpc) is 3.49. The number of aromatic nitrogens is 2. The Labute approximate surface area is 203 Å². The van der Waals surface area contributed by atoms with Crippen molar-refractivity contribution < 1.29 is 9.53 Å². The van der Waals surface area contributed by atoms with Crippen molar-refractivity contribution in [3.63, 3.8) is 0 Å². The van der Waals surface area contributed by atoms with Crippen LogP contribution in [0.2, 0.25) is 0 Å². The molecular weight excluding hydrogens is 498 g/mol. The molecule has 0 unspecified atom stereocenters. The molecule has 0 aliphatic heterocycles. The number of halogens is 1. The molecule has 2 aromatic heterocycles. The molecule has 0 fully saturated rings. The van der Waals surface area contributed by atoms with Gasteiger partial charge in [-0.15, -0.1) is 11.3 Å². The van der Waals surface area contributed by atoms with Crippen LogP contribution in [-0.2, 0) is 13.2 Å². The van der Waals surface area contributed by atoms with Crippen molar-refractivity contribution in [2.45, 2.75) is 13.2 Å². The van der Waals surface area contributed by atoms with E-state index in [9.17, 15) is 4.79 Å². The second kappa shape index (κ2) is 9.60. The summed E-state index contributed by atoms with van der Waals surface area (Å²) >= 11 is 4.84. The zero-order valence-corrected chi connectivity index (χ0v) is 20.0. The number of anilines is 1. The third-order valence-corrected chi connectivity index (χ3v) is 6.66. The van der Waals surface area contributed by atoms with Crippen LogP contribution in [-0.4, -0.2) is 15.7 Å². The molecule has 3 aromatic carbocycles. The lowest BCUT2D eigenvalue weighted by atomic mass is 10.1. The van der Waals surface area contributed by atoms with E-state index in [0.29, 0.717) is 23.7 Å². The maximum atomic E-state index is 12.7. The van der Waals surface area contributed by atoms with E-state index in [1.54, 1.807) is 10.9 Å². The number of rotatable bonds is 7. The lowest BCUT2D eigenvalue weighted by Gasteiger charge is -2.06. The quantitative estimate of drug-likeness (QED) is 0.260. The molecule has 0 saturated carbocycles. The minimum absolute atomic E-state index is 0.153. The number of amides is 1. The largest absolute Gasteiger partial charge is 0.489 e. The van der Waals surface area contributed by atoms with Crippen molar-refractivity contribution >= 4 is 49.6 Å². The fourth-order valence-corrected chi connectivity index (χ4v) is 4.53. The minimum atomic E-state index is -0.153. The molecule has 2 heterocycles. The highest BCUT2D eigenvalue weighted by molar-refractivity contribution is 9.10. The molecule has 0 aliphatic carbocycles. The summed E-state index contributed by atoms with van der Waals surface area (Å²) in [6.45, 7) is 1.05. The van der Waals surface area contributed by atoms with Crippen LogP contribution in [0.25, 0.3) is 10.8 Å². The molecule has 0 atom stereocenters. The Morgan fingerprint density at radius 2 is 1.82 bits per heavy atom. The number of hydrogen-bond donors (Lipinski definition) is 1. The van der Waals surface area contributed by atoms with Gasteiger partial charge in [-0.25, -0.2) is 0 Å². The first kappa shape index (κ1) is 21.4. The van der Waals surface area contributed by atoms with Gasteiger partial charge in [-0.05, 0) is 52.0 Å². The molecule has 0 aliphatic rings. The molecule has 7 heteroatoms. The molecule has 0 saturated heterocycles. The van der Waals surface area contributed by atoms with Gasteiger partial charge in [0, 0.05) is 16.2 Å². The Morgan fingerprint density at radius 1 is 1.00 bits per heavy atom. The number of nitrogens with zero attached hydrogens (tertiary/aromatic N) is 2. The van der Waals surface area contributed by atoms with Crippen molar-refractivity contribution in [3.8, 4) is 5.75 Å². The summed E-state index contributed by atoms with van der Waals surface area (Å²) in [6, 6.07) is 24.2. The smallest absolute Gasteiger partial charge is 0.265 e. The predicted molar refractivity (Wildman–Crippen MR) is 136 cm³/mol. The van der Waals surface area contributed by atoms with Gasteiger partial charge in [0.2, 0.25) is 0 Å². The predicted octanol–water partition coefficient (Wildman–Crippen LogP) is 6.74. The van der Waals surface area contributed by atoms with Gasteiger partial charge in [0.25, 0.3) is 5.91 Å². The van der Waals surface area contributed by atoms with Crippen molar-refractivity contribution in [2.24, 2.45) is 0 Å². The minimum Gasteiger partial charge on any atom is -0.489 e. The van der Waals surface area contributed by atoms with Gasteiger partial charge in [-0.3, -0.25) is 9.48 Å². The van der Waals surface area contributed by atoms with Crippen LogP contribution in [0.5, 0.6) is 5.75 Å². The number of fused-ring (bicyclic) bond motifs is 1. The molecule has 1 N–H and O–H groups in total. The number of hydrogen-bond acceptors (Lipinski definition) is 4. The molecule has 33 heavy (non-hydrogen) atoms. The highest BCUT2D eigenvalue weighted by atomic mass is 79.9. The van der Waals surface area contributed by atoms with Gasteiger partial charge in [0.1, 0.15) is 12.4 Å². The fraction of sp³-hybridized carbons (Fsp3) is 0.0769. The number of carbonyl (C=O) groups is 1. The summed E-state index contributed by atoms with van der Waals surface area (Å²) in [7, 11) is 0. The lowest BCUT2D eigenvalue weighted by Crippen LogP contribution is -2.09. The lowest BCUT2D eigenvalue weighted by molar-refractivity contribution is 0.103. The molecule has 5 rings (SSSR count). The Hall–Kier alpha value is -3.42. The third-order valence-electron chi connectivity index (χ3n) is 5.15. The standard InChI is InChI=1S/C26H20BrN3O2S/c27-22-8-5-18(6-9-22)14-30-15-23(13-28-30)29-26(31)25-11-19(17-33-25)16-32-24-10-7-20-3-1-2-4-21(20)12-24/h1-13,15,17H,14,16H2,(H,29,31). The van der Waals surface area contributed by atoms with Gasteiger partial charge in [-0.2, -0.15) is 5.10 Å². The first-order valence-electron chi connectivity index (χ1n) is 10.4. The van der Waals surface area contributed by atoms with E-state index in [1.807, 2.05) is 72.2 Å². The fourth-order valence-electron chi connectivity index (χ4n) is 3.48. The normalized spacial score (nSPS) is 10.9. The molecule has 1 amide bonds. The summed E-state index contributed by atoms with van der Waals surface area (Å²) in [4.78, 5) is 13.3. The first-order valence-corrected chi connectivity index (χ1v) is 12.1.